The highest BCUT2D eigenvalue weighted by Gasteiger charge is 2.20. The normalized spacial score (nSPS) is 12.1. The summed E-state index contributed by atoms with van der Waals surface area (Å²) in [5.41, 5.74) is 1.46. The Kier molecular flexibility index (Phi) is 3.56. The monoisotopic (exact) mass is 231 g/mol. The third-order valence-corrected chi connectivity index (χ3v) is 2.33. The van der Waals surface area contributed by atoms with E-state index in [1.165, 1.54) is 0 Å². The molecule has 0 aliphatic rings. The molecule has 2 heterocycles. The minimum Gasteiger partial charge on any atom is -0.480 e. The van der Waals surface area contributed by atoms with Crippen LogP contribution in [0.5, 0.6) is 5.88 Å². The van der Waals surface area contributed by atoms with Crippen molar-refractivity contribution >= 4 is 0 Å². The van der Waals surface area contributed by atoms with Crippen LogP contribution in [0.15, 0.2) is 31.0 Å². The van der Waals surface area contributed by atoms with E-state index in [4.69, 9.17) is 4.74 Å². The minimum atomic E-state index is -0.188. The quantitative estimate of drug-likeness (QED) is 0.830. The summed E-state index contributed by atoms with van der Waals surface area (Å²) in [7, 11) is 3.39. The van der Waals surface area contributed by atoms with Crippen molar-refractivity contribution in [3.63, 3.8) is 0 Å². The molecule has 17 heavy (non-hydrogen) atoms. The van der Waals surface area contributed by atoms with Crippen molar-refractivity contribution in [2.24, 2.45) is 0 Å². The van der Waals surface area contributed by atoms with Crippen molar-refractivity contribution in [2.45, 2.75) is 6.04 Å². The van der Waals surface area contributed by atoms with E-state index >= 15 is 0 Å². The number of nitrogens with zero attached hydrogens (tertiary/aromatic N) is 4. The van der Waals surface area contributed by atoms with Crippen molar-refractivity contribution in [1.29, 1.82) is 0 Å². The molecule has 0 fully saturated rings. The van der Waals surface area contributed by atoms with E-state index in [2.05, 4.69) is 25.3 Å². The Hall–Kier alpha value is -2.08. The van der Waals surface area contributed by atoms with E-state index < -0.39 is 0 Å². The summed E-state index contributed by atoms with van der Waals surface area (Å²) in [6, 6.07) is -0.188. The second-order valence-electron chi connectivity index (χ2n) is 3.30. The summed E-state index contributed by atoms with van der Waals surface area (Å²) in [6.45, 7) is 0. The molecule has 2 aromatic heterocycles. The zero-order valence-electron chi connectivity index (χ0n) is 9.66. The van der Waals surface area contributed by atoms with Crippen LogP contribution in [0.25, 0.3) is 0 Å². The van der Waals surface area contributed by atoms with E-state index in [0.29, 0.717) is 11.6 Å². The molecule has 2 rings (SSSR count). The van der Waals surface area contributed by atoms with Crippen molar-refractivity contribution in [2.75, 3.05) is 14.2 Å². The first-order valence-corrected chi connectivity index (χ1v) is 5.15. The van der Waals surface area contributed by atoms with E-state index in [1.807, 2.05) is 7.05 Å². The molecule has 0 aliphatic carbocycles. The number of hydrogen-bond donors (Lipinski definition) is 1. The van der Waals surface area contributed by atoms with Crippen LogP contribution < -0.4 is 10.1 Å². The van der Waals surface area contributed by atoms with Crippen LogP contribution in [-0.4, -0.2) is 34.1 Å². The van der Waals surface area contributed by atoms with Gasteiger partial charge in [-0.25, -0.2) is 4.98 Å². The summed E-state index contributed by atoms with van der Waals surface area (Å²) >= 11 is 0. The highest BCUT2D eigenvalue weighted by Crippen LogP contribution is 2.23. The molecule has 0 aliphatic heterocycles. The zero-order valence-corrected chi connectivity index (χ0v) is 9.66. The van der Waals surface area contributed by atoms with Gasteiger partial charge in [-0.1, -0.05) is 0 Å². The van der Waals surface area contributed by atoms with Crippen molar-refractivity contribution < 1.29 is 4.74 Å². The smallest absolute Gasteiger partial charge is 0.237 e. The predicted octanol–water partition coefficient (Wildman–Crippen LogP) is 0.584. The number of methoxy groups -OCH3 is 1. The highest BCUT2D eigenvalue weighted by atomic mass is 16.5. The third kappa shape index (κ3) is 2.36. The number of nitrogens with one attached hydrogen (secondary N) is 1. The third-order valence-electron chi connectivity index (χ3n) is 2.33. The Morgan fingerprint density at radius 1 is 1.12 bits per heavy atom. The van der Waals surface area contributed by atoms with Gasteiger partial charge in [0.15, 0.2) is 0 Å². The molecule has 88 valence electrons. The van der Waals surface area contributed by atoms with Gasteiger partial charge in [0.05, 0.1) is 25.0 Å². The second kappa shape index (κ2) is 5.31. The molecule has 1 N–H and O–H groups in total. The Bertz CT molecular complexity index is 476. The molecule has 1 atom stereocenters. The van der Waals surface area contributed by atoms with Gasteiger partial charge in [0, 0.05) is 24.8 Å². The average molecular weight is 231 g/mol. The minimum absolute atomic E-state index is 0.188. The van der Waals surface area contributed by atoms with Gasteiger partial charge in [0.25, 0.3) is 0 Å². The molecular weight excluding hydrogens is 218 g/mol. The Morgan fingerprint density at radius 2 is 1.88 bits per heavy atom. The van der Waals surface area contributed by atoms with Crippen molar-refractivity contribution in [3.05, 3.63) is 42.4 Å². The van der Waals surface area contributed by atoms with Gasteiger partial charge >= 0.3 is 0 Å². The molecule has 1 unspecified atom stereocenters. The second-order valence-corrected chi connectivity index (χ2v) is 3.30. The van der Waals surface area contributed by atoms with Crippen LogP contribution in [0.3, 0.4) is 0 Å². The fourth-order valence-corrected chi connectivity index (χ4v) is 1.58. The van der Waals surface area contributed by atoms with E-state index in [1.54, 1.807) is 38.1 Å². The van der Waals surface area contributed by atoms with Gasteiger partial charge in [0.1, 0.15) is 5.69 Å². The van der Waals surface area contributed by atoms with E-state index in [0.717, 1.165) is 5.69 Å². The highest BCUT2D eigenvalue weighted by molar-refractivity contribution is 5.27. The average Bonchev–Trinajstić information content (AvgIpc) is 2.41. The van der Waals surface area contributed by atoms with E-state index in [9.17, 15) is 0 Å². The van der Waals surface area contributed by atoms with E-state index in [-0.39, 0.29) is 6.04 Å². The van der Waals surface area contributed by atoms with Crippen LogP contribution in [0, 0.1) is 0 Å². The van der Waals surface area contributed by atoms with Crippen LogP contribution in [0.4, 0.5) is 0 Å². The summed E-state index contributed by atoms with van der Waals surface area (Å²) in [6.07, 6.45) is 8.17. The lowest BCUT2D eigenvalue weighted by Crippen LogP contribution is -2.21. The molecule has 0 radical (unpaired) electrons. The van der Waals surface area contributed by atoms with Crippen LogP contribution in [0.1, 0.15) is 17.4 Å². The van der Waals surface area contributed by atoms with Crippen molar-refractivity contribution in [3.8, 4) is 5.88 Å². The lowest BCUT2D eigenvalue weighted by Gasteiger charge is -2.16. The fourth-order valence-electron chi connectivity index (χ4n) is 1.58. The van der Waals surface area contributed by atoms with Gasteiger partial charge in [-0.05, 0) is 7.05 Å². The van der Waals surface area contributed by atoms with Gasteiger partial charge in [-0.2, -0.15) is 0 Å². The Balaban J connectivity index is 2.42. The molecule has 0 saturated carbocycles. The van der Waals surface area contributed by atoms with Crippen LogP contribution in [-0.2, 0) is 0 Å². The Labute approximate surface area is 99.1 Å². The standard InChI is InChI=1S/C11H13N5O/c1-12-9(8-7-13-3-4-14-8)10-11(17-2)16-6-5-15-10/h3-7,9,12H,1-2H3. The maximum absolute atomic E-state index is 5.19. The van der Waals surface area contributed by atoms with Crippen LogP contribution in [0.2, 0.25) is 0 Å². The first-order valence-electron chi connectivity index (χ1n) is 5.15. The molecule has 0 aromatic carbocycles. The number of rotatable bonds is 4. The van der Waals surface area contributed by atoms with Gasteiger partial charge < -0.3 is 10.1 Å². The Morgan fingerprint density at radius 3 is 2.53 bits per heavy atom. The maximum Gasteiger partial charge on any atom is 0.237 e. The molecule has 6 nitrogen and oxygen atoms in total. The lowest BCUT2D eigenvalue weighted by molar-refractivity contribution is 0.383. The summed E-state index contributed by atoms with van der Waals surface area (Å²) in [4.78, 5) is 16.7. The van der Waals surface area contributed by atoms with Gasteiger partial charge in [0.2, 0.25) is 5.88 Å². The SMILES string of the molecule is CNC(c1cnccn1)c1nccnc1OC. The van der Waals surface area contributed by atoms with Crippen LogP contribution >= 0.6 is 0 Å². The van der Waals surface area contributed by atoms with Crippen molar-refractivity contribution in [1.82, 2.24) is 25.3 Å². The van der Waals surface area contributed by atoms with Gasteiger partial charge in [-0.15, -0.1) is 0 Å². The first kappa shape index (κ1) is 11.4. The molecule has 0 saturated heterocycles. The number of aromatic nitrogens is 4. The molecule has 2 aromatic rings. The fraction of sp³-hybridized carbons (Fsp3) is 0.273. The largest absolute Gasteiger partial charge is 0.480 e. The number of hydrogen-bond acceptors (Lipinski definition) is 6. The molecule has 0 spiro atoms. The first-order chi connectivity index (χ1) is 8.36. The lowest BCUT2D eigenvalue weighted by atomic mass is 10.1. The molecule has 0 bridgehead atoms. The zero-order chi connectivity index (χ0) is 12.1. The number of ether oxygens (including phenoxy) is 1. The molecule has 0 amide bonds. The summed E-state index contributed by atoms with van der Waals surface area (Å²) in [5, 5.41) is 3.12. The predicted molar refractivity (Wildman–Crippen MR) is 61.5 cm³/mol. The summed E-state index contributed by atoms with van der Waals surface area (Å²) in [5.74, 6) is 0.484. The topological polar surface area (TPSA) is 72.8 Å². The van der Waals surface area contributed by atoms with Gasteiger partial charge in [-0.3, -0.25) is 15.0 Å². The molecular formula is C11H13N5O. The maximum atomic E-state index is 5.19. The summed E-state index contributed by atoms with van der Waals surface area (Å²) < 4.78 is 5.19. The molecule has 6 heteroatoms.